The summed E-state index contributed by atoms with van der Waals surface area (Å²) >= 11 is 0. The molecule has 11 aliphatic rings. The van der Waals surface area contributed by atoms with Gasteiger partial charge in [0.05, 0.1) is 0 Å². The van der Waals surface area contributed by atoms with E-state index in [0.717, 1.165) is 61.2 Å². The fourth-order valence-corrected chi connectivity index (χ4v) is 15.0. The van der Waals surface area contributed by atoms with Crippen LogP contribution in [0.4, 0.5) is 0 Å². The number of carbonyl (C=O) groups is 2. The van der Waals surface area contributed by atoms with Gasteiger partial charge < -0.3 is 9.80 Å². The highest BCUT2D eigenvalue weighted by molar-refractivity contribution is 5.84. The monoisotopic (exact) mass is 602 g/mol. The lowest BCUT2D eigenvalue weighted by Gasteiger charge is -2.63. The van der Waals surface area contributed by atoms with Gasteiger partial charge in [-0.05, 0) is 158 Å². The summed E-state index contributed by atoms with van der Waals surface area (Å²) in [5, 5.41) is 0. The molecule has 2 atom stereocenters. The van der Waals surface area contributed by atoms with Crippen molar-refractivity contribution in [3.8, 4) is 0 Å². The summed E-state index contributed by atoms with van der Waals surface area (Å²) in [6.45, 7) is 0. The first-order chi connectivity index (χ1) is 21.5. The predicted octanol–water partition coefficient (Wildman–Crippen LogP) is 9.05. The van der Waals surface area contributed by atoms with Crippen molar-refractivity contribution in [2.75, 3.05) is 0 Å². The van der Waals surface area contributed by atoms with Gasteiger partial charge in [0.15, 0.2) is 0 Å². The molecule has 11 rings (SSSR count). The van der Waals surface area contributed by atoms with Crippen molar-refractivity contribution < 1.29 is 9.59 Å². The van der Waals surface area contributed by atoms with Crippen LogP contribution < -0.4 is 0 Å². The third-order valence-electron chi connectivity index (χ3n) is 15.8. The summed E-state index contributed by atoms with van der Waals surface area (Å²) in [4.78, 5) is 35.4. The molecule has 2 unspecified atom stereocenters. The Labute approximate surface area is 268 Å². The Morgan fingerprint density at radius 3 is 1.02 bits per heavy atom. The number of carbonyl (C=O) groups excluding carboxylic acids is 2. The molecule has 2 amide bonds. The molecule has 0 aromatic rings. The van der Waals surface area contributed by atoms with E-state index in [1.165, 1.54) is 141 Å². The molecule has 0 spiro atoms. The van der Waals surface area contributed by atoms with Crippen molar-refractivity contribution in [3.63, 3.8) is 0 Å². The van der Waals surface area contributed by atoms with E-state index < -0.39 is 0 Å². The van der Waals surface area contributed by atoms with Gasteiger partial charge in [-0.2, -0.15) is 0 Å². The molecule has 0 saturated heterocycles. The van der Waals surface area contributed by atoms with Gasteiger partial charge in [0.2, 0.25) is 11.8 Å². The molecule has 0 heterocycles. The van der Waals surface area contributed by atoms with Gasteiger partial charge in [-0.1, -0.05) is 44.9 Å². The first-order valence-corrected chi connectivity index (χ1v) is 20.1. The fourth-order valence-electron chi connectivity index (χ4n) is 15.0. The Balaban J connectivity index is 0.987. The topological polar surface area (TPSA) is 40.6 Å². The van der Waals surface area contributed by atoms with Gasteiger partial charge in [0.25, 0.3) is 0 Å². The zero-order chi connectivity index (χ0) is 29.5. The second kappa shape index (κ2) is 11.3. The molecule has 4 heteroatoms. The van der Waals surface area contributed by atoms with Crippen LogP contribution >= 0.6 is 0 Å². The molecule has 4 nitrogen and oxygen atoms in total. The van der Waals surface area contributed by atoms with Crippen molar-refractivity contribution in [1.29, 1.82) is 0 Å². The highest BCUT2D eigenvalue weighted by atomic mass is 16.2. The maximum Gasteiger partial charge on any atom is 0.226 e. The molecule has 11 saturated carbocycles. The molecule has 0 N–H and O–H groups in total. The smallest absolute Gasteiger partial charge is 0.226 e. The third-order valence-corrected chi connectivity index (χ3v) is 15.8. The van der Waals surface area contributed by atoms with E-state index in [1.54, 1.807) is 0 Å². The van der Waals surface area contributed by atoms with Gasteiger partial charge in [-0.25, -0.2) is 0 Å². The van der Waals surface area contributed by atoms with Crippen LogP contribution in [0.15, 0.2) is 0 Å². The van der Waals surface area contributed by atoms with Crippen LogP contribution in [0.25, 0.3) is 0 Å². The maximum absolute atomic E-state index is 15.1. The zero-order valence-corrected chi connectivity index (χ0v) is 27.9. The summed E-state index contributed by atoms with van der Waals surface area (Å²) in [6.07, 6.45) is 33.1. The number of hydrogen-bond donors (Lipinski definition) is 0. The highest BCUT2D eigenvalue weighted by Gasteiger charge is 2.59. The molecular formula is C40H62N2O2. The predicted molar refractivity (Wildman–Crippen MR) is 175 cm³/mol. The van der Waals surface area contributed by atoms with Crippen LogP contribution in [0, 0.1) is 47.3 Å². The minimum Gasteiger partial charge on any atom is -0.334 e. The SMILES string of the molecule is O=C(C1CCCC(C(=O)N(C2CCCCC2)C23CC4CC(CC(C4)C2)C3)C1)N(C1CCCCC1)C12CC3CC(CC(C3)C1)C2. The summed E-state index contributed by atoms with van der Waals surface area (Å²) in [5.41, 5.74) is 0.302. The van der Waals surface area contributed by atoms with Gasteiger partial charge in [-0.15, -0.1) is 0 Å². The van der Waals surface area contributed by atoms with E-state index in [4.69, 9.17) is 0 Å². The second-order valence-corrected chi connectivity index (χ2v) is 18.8. The molecule has 0 aromatic heterocycles. The number of amides is 2. The first-order valence-electron chi connectivity index (χ1n) is 20.1. The summed E-state index contributed by atoms with van der Waals surface area (Å²) in [7, 11) is 0. The number of nitrogens with zero attached hydrogens (tertiary/aromatic N) is 2. The first kappa shape index (κ1) is 29.1. The van der Waals surface area contributed by atoms with E-state index in [-0.39, 0.29) is 22.9 Å². The Morgan fingerprint density at radius 1 is 0.386 bits per heavy atom. The molecule has 0 aromatic carbocycles. The third kappa shape index (κ3) is 4.94. The highest BCUT2D eigenvalue weighted by Crippen LogP contribution is 2.61. The summed E-state index contributed by atoms with van der Waals surface area (Å²) in [5.74, 6) is 6.38. The molecule has 11 aliphatic carbocycles. The van der Waals surface area contributed by atoms with Gasteiger partial charge in [-0.3, -0.25) is 9.59 Å². The molecule has 0 aliphatic heterocycles. The van der Waals surface area contributed by atoms with Crippen LogP contribution in [0.2, 0.25) is 0 Å². The molecule has 8 bridgehead atoms. The van der Waals surface area contributed by atoms with Crippen molar-refractivity contribution >= 4 is 11.8 Å². The summed E-state index contributed by atoms with van der Waals surface area (Å²) < 4.78 is 0. The van der Waals surface area contributed by atoms with Gasteiger partial charge >= 0.3 is 0 Å². The minimum absolute atomic E-state index is 0.0807. The molecular weight excluding hydrogens is 540 g/mol. The van der Waals surface area contributed by atoms with Crippen LogP contribution in [0.3, 0.4) is 0 Å². The van der Waals surface area contributed by atoms with Crippen LogP contribution in [-0.4, -0.2) is 44.8 Å². The molecule has 0 radical (unpaired) electrons. The van der Waals surface area contributed by atoms with Gasteiger partial charge in [0.1, 0.15) is 0 Å². The van der Waals surface area contributed by atoms with E-state index in [2.05, 4.69) is 9.80 Å². The van der Waals surface area contributed by atoms with E-state index in [9.17, 15) is 0 Å². The Bertz CT molecular complexity index is 946. The molecule has 44 heavy (non-hydrogen) atoms. The quantitative estimate of drug-likeness (QED) is 0.304. The lowest BCUT2D eigenvalue weighted by Crippen LogP contribution is -2.66. The van der Waals surface area contributed by atoms with Crippen molar-refractivity contribution in [3.05, 3.63) is 0 Å². The Morgan fingerprint density at radius 2 is 0.705 bits per heavy atom. The lowest BCUT2D eigenvalue weighted by atomic mass is 9.52. The van der Waals surface area contributed by atoms with E-state index in [0.29, 0.717) is 23.9 Å². The lowest BCUT2D eigenvalue weighted by molar-refractivity contribution is -0.168. The Hall–Kier alpha value is -1.06. The zero-order valence-electron chi connectivity index (χ0n) is 27.9. The summed E-state index contributed by atoms with van der Waals surface area (Å²) in [6, 6.07) is 0.934. The van der Waals surface area contributed by atoms with Crippen LogP contribution in [-0.2, 0) is 9.59 Å². The average Bonchev–Trinajstić information content (AvgIpc) is 3.01. The molecule has 11 fully saturated rings. The average molecular weight is 603 g/mol. The minimum atomic E-state index is 0.0807. The standard InChI is InChI=1S/C40H62N2O2/c43-37(41(35-10-3-1-4-11-35)39-21-27-14-28(22-39)16-29(15-27)23-39)33-8-7-9-34(20-33)38(44)42(36-12-5-2-6-13-36)40-24-30-17-31(25-40)19-32(18-30)26-40/h27-36H,1-26H2. The maximum atomic E-state index is 15.1. The van der Waals surface area contributed by atoms with E-state index >= 15 is 9.59 Å². The number of rotatable bonds is 6. The van der Waals surface area contributed by atoms with Gasteiger partial charge in [0, 0.05) is 35.0 Å². The van der Waals surface area contributed by atoms with Crippen LogP contribution in [0.1, 0.15) is 167 Å². The Kier molecular flexibility index (Phi) is 7.46. The van der Waals surface area contributed by atoms with Crippen LogP contribution in [0.5, 0.6) is 0 Å². The fraction of sp³-hybridized carbons (Fsp3) is 0.950. The van der Waals surface area contributed by atoms with Crippen molar-refractivity contribution in [1.82, 2.24) is 9.80 Å². The van der Waals surface area contributed by atoms with Crippen molar-refractivity contribution in [2.45, 2.75) is 190 Å². The normalized spacial score (nSPS) is 46.7. The number of hydrogen-bond acceptors (Lipinski definition) is 2. The van der Waals surface area contributed by atoms with Crippen molar-refractivity contribution in [2.24, 2.45) is 47.3 Å². The largest absolute Gasteiger partial charge is 0.334 e. The van der Waals surface area contributed by atoms with E-state index in [1.807, 2.05) is 0 Å². The second-order valence-electron chi connectivity index (χ2n) is 18.8. The molecule has 244 valence electrons.